The second-order valence-corrected chi connectivity index (χ2v) is 8.74. The molecule has 5 nitrogen and oxygen atoms in total. The van der Waals surface area contributed by atoms with Crippen LogP contribution < -0.4 is 0 Å². The van der Waals surface area contributed by atoms with Gasteiger partial charge in [0.15, 0.2) is 15.4 Å². The van der Waals surface area contributed by atoms with Gasteiger partial charge in [-0.05, 0) is 49.9 Å². The van der Waals surface area contributed by atoms with E-state index in [-0.39, 0.29) is 23.0 Å². The Balaban J connectivity index is 1.77. The van der Waals surface area contributed by atoms with E-state index in [0.29, 0.717) is 11.5 Å². The highest BCUT2D eigenvalue weighted by atomic mass is 32.2. The normalized spacial score (nSPS) is 14.0. The van der Waals surface area contributed by atoms with Crippen molar-refractivity contribution in [1.82, 2.24) is 9.88 Å². The van der Waals surface area contributed by atoms with Crippen molar-refractivity contribution in [1.29, 1.82) is 0 Å². The predicted molar refractivity (Wildman–Crippen MR) is 98.4 cm³/mol. The van der Waals surface area contributed by atoms with Crippen molar-refractivity contribution in [3.05, 3.63) is 59.5 Å². The summed E-state index contributed by atoms with van der Waals surface area (Å²) in [4.78, 5) is 6.31. The lowest BCUT2D eigenvalue weighted by Gasteiger charge is -2.23. The molecule has 2 aromatic carbocycles. The van der Waals surface area contributed by atoms with Crippen molar-refractivity contribution < 1.29 is 26.0 Å². The molecule has 0 saturated carbocycles. The second kappa shape index (κ2) is 7.21. The summed E-state index contributed by atoms with van der Waals surface area (Å²) in [6.07, 6.45) is -3.29. The summed E-state index contributed by atoms with van der Waals surface area (Å²) in [6, 6.07) is 9.68. The van der Waals surface area contributed by atoms with Gasteiger partial charge in [0.25, 0.3) is 0 Å². The highest BCUT2D eigenvalue weighted by Gasteiger charge is 2.31. The summed E-state index contributed by atoms with van der Waals surface area (Å²) in [5.41, 5.74) is 0.572. The summed E-state index contributed by atoms with van der Waals surface area (Å²) < 4.78 is 67.1. The van der Waals surface area contributed by atoms with E-state index in [1.165, 1.54) is 6.07 Å². The quantitative estimate of drug-likeness (QED) is 0.620. The third-order valence-electron chi connectivity index (χ3n) is 4.60. The zero-order valence-corrected chi connectivity index (χ0v) is 16.3. The molecule has 150 valence electrons. The molecule has 0 spiro atoms. The van der Waals surface area contributed by atoms with Gasteiger partial charge in [-0.2, -0.15) is 13.2 Å². The van der Waals surface area contributed by atoms with Crippen LogP contribution >= 0.6 is 0 Å². The van der Waals surface area contributed by atoms with E-state index < -0.39 is 21.6 Å². The third-order valence-corrected chi connectivity index (χ3v) is 5.72. The monoisotopic (exact) mass is 412 g/mol. The molecule has 1 heterocycles. The lowest BCUT2D eigenvalue weighted by Crippen LogP contribution is -2.22. The van der Waals surface area contributed by atoms with Crippen molar-refractivity contribution in [2.24, 2.45) is 0 Å². The molecule has 1 aromatic heterocycles. The summed E-state index contributed by atoms with van der Waals surface area (Å²) in [5.74, 6) is 0.302. The highest BCUT2D eigenvalue weighted by Crippen LogP contribution is 2.32. The average molecular weight is 412 g/mol. The lowest BCUT2D eigenvalue weighted by molar-refractivity contribution is -0.137. The van der Waals surface area contributed by atoms with E-state index in [2.05, 4.69) is 4.98 Å². The Kier molecular flexibility index (Phi) is 5.24. The van der Waals surface area contributed by atoms with E-state index >= 15 is 0 Å². The number of aromatic nitrogens is 1. The SMILES string of the molecule is CC(c1ccc(S(C)(=O)=O)cc1)N(C)Cc1nc2cc(C(F)(F)F)ccc2o1. The van der Waals surface area contributed by atoms with Crippen molar-refractivity contribution in [2.75, 3.05) is 13.3 Å². The largest absolute Gasteiger partial charge is 0.439 e. The van der Waals surface area contributed by atoms with Crippen LogP contribution in [0.5, 0.6) is 0 Å². The Morgan fingerprint density at radius 2 is 1.79 bits per heavy atom. The number of fused-ring (bicyclic) bond motifs is 1. The smallest absolute Gasteiger partial charge is 0.416 e. The van der Waals surface area contributed by atoms with Crippen molar-refractivity contribution >= 4 is 20.9 Å². The van der Waals surface area contributed by atoms with Crippen LogP contribution in [-0.2, 0) is 22.6 Å². The predicted octanol–water partition coefficient (Wildman–Crippen LogP) is 4.44. The maximum Gasteiger partial charge on any atom is 0.416 e. The van der Waals surface area contributed by atoms with Crippen LogP contribution in [0.3, 0.4) is 0 Å². The number of hydrogen-bond acceptors (Lipinski definition) is 5. The Labute approximate surface area is 160 Å². The van der Waals surface area contributed by atoms with Gasteiger partial charge >= 0.3 is 6.18 Å². The van der Waals surface area contributed by atoms with Gasteiger partial charge in [0.1, 0.15) is 5.52 Å². The molecule has 1 atom stereocenters. The molecule has 0 radical (unpaired) electrons. The van der Waals surface area contributed by atoms with Crippen molar-refractivity contribution in [3.63, 3.8) is 0 Å². The average Bonchev–Trinajstić information content (AvgIpc) is 3.01. The Morgan fingerprint density at radius 3 is 2.36 bits per heavy atom. The minimum atomic E-state index is -4.43. The first-order chi connectivity index (χ1) is 12.9. The molecular formula is C19H19F3N2O3S. The Morgan fingerprint density at radius 1 is 1.14 bits per heavy atom. The second-order valence-electron chi connectivity index (χ2n) is 6.72. The minimum absolute atomic E-state index is 0.0886. The number of sulfone groups is 1. The number of benzene rings is 2. The highest BCUT2D eigenvalue weighted by molar-refractivity contribution is 7.90. The number of halogens is 3. The molecule has 0 aliphatic rings. The maximum atomic E-state index is 12.8. The van der Waals surface area contributed by atoms with Gasteiger partial charge in [0, 0.05) is 12.3 Å². The molecule has 0 aliphatic carbocycles. The summed E-state index contributed by atoms with van der Waals surface area (Å²) in [6.45, 7) is 2.21. The maximum absolute atomic E-state index is 12.8. The first-order valence-corrected chi connectivity index (χ1v) is 10.3. The molecule has 0 aliphatic heterocycles. The van der Waals surface area contributed by atoms with E-state index in [4.69, 9.17) is 4.42 Å². The number of oxazole rings is 1. The molecule has 28 heavy (non-hydrogen) atoms. The third kappa shape index (κ3) is 4.36. The van der Waals surface area contributed by atoms with E-state index in [9.17, 15) is 21.6 Å². The van der Waals surface area contributed by atoms with Crippen LogP contribution in [0.15, 0.2) is 51.8 Å². The van der Waals surface area contributed by atoms with Gasteiger partial charge in [0.2, 0.25) is 5.89 Å². The van der Waals surface area contributed by atoms with Crippen LogP contribution in [0.4, 0.5) is 13.2 Å². The van der Waals surface area contributed by atoms with Crippen LogP contribution in [0.25, 0.3) is 11.1 Å². The Hall–Kier alpha value is -2.39. The molecule has 9 heteroatoms. The fourth-order valence-corrected chi connectivity index (χ4v) is 3.45. The fourth-order valence-electron chi connectivity index (χ4n) is 2.82. The zero-order chi connectivity index (χ0) is 20.7. The van der Waals surface area contributed by atoms with Gasteiger partial charge in [-0.1, -0.05) is 12.1 Å². The van der Waals surface area contributed by atoms with Gasteiger partial charge < -0.3 is 4.42 Å². The minimum Gasteiger partial charge on any atom is -0.439 e. The molecule has 0 fully saturated rings. The van der Waals surface area contributed by atoms with Gasteiger partial charge in [-0.25, -0.2) is 13.4 Å². The molecule has 3 aromatic rings. The van der Waals surface area contributed by atoms with Crippen LogP contribution in [-0.4, -0.2) is 31.6 Å². The summed E-state index contributed by atoms with van der Waals surface area (Å²) >= 11 is 0. The van der Waals surface area contributed by atoms with Gasteiger partial charge in [-0.3, -0.25) is 4.90 Å². The number of rotatable bonds is 5. The van der Waals surface area contributed by atoms with Crippen molar-refractivity contribution in [3.8, 4) is 0 Å². The fraction of sp³-hybridized carbons (Fsp3) is 0.316. The number of hydrogen-bond donors (Lipinski definition) is 0. The van der Waals surface area contributed by atoms with Crippen LogP contribution in [0.2, 0.25) is 0 Å². The zero-order valence-electron chi connectivity index (χ0n) is 15.5. The summed E-state index contributed by atoms with van der Waals surface area (Å²) in [5, 5.41) is 0. The lowest BCUT2D eigenvalue weighted by atomic mass is 10.1. The Bertz CT molecular complexity index is 1090. The molecule has 1 unspecified atom stereocenters. The standard InChI is InChI=1S/C19H19F3N2O3S/c1-12(13-4-7-15(8-5-13)28(3,25)26)24(2)11-18-23-16-10-14(19(20,21)22)6-9-17(16)27-18/h4-10,12H,11H2,1-3H3. The van der Waals surface area contributed by atoms with Gasteiger partial charge in [0.05, 0.1) is 17.0 Å². The topological polar surface area (TPSA) is 63.4 Å². The number of alkyl halides is 3. The van der Waals surface area contributed by atoms with Crippen molar-refractivity contribution in [2.45, 2.75) is 30.6 Å². The first-order valence-electron chi connectivity index (χ1n) is 8.42. The first kappa shape index (κ1) is 20.3. The van der Waals surface area contributed by atoms with Crippen LogP contribution in [0, 0.1) is 0 Å². The summed E-state index contributed by atoms with van der Waals surface area (Å²) in [7, 11) is -1.44. The van der Waals surface area contributed by atoms with E-state index in [1.807, 2.05) is 18.9 Å². The van der Waals surface area contributed by atoms with Gasteiger partial charge in [-0.15, -0.1) is 0 Å². The number of nitrogens with zero attached hydrogens (tertiary/aromatic N) is 2. The molecule has 0 bridgehead atoms. The van der Waals surface area contributed by atoms with E-state index in [1.54, 1.807) is 24.3 Å². The molecular weight excluding hydrogens is 393 g/mol. The van der Waals surface area contributed by atoms with E-state index in [0.717, 1.165) is 24.0 Å². The molecule has 0 amide bonds. The molecule has 3 rings (SSSR count). The molecule has 0 N–H and O–H groups in total. The van der Waals surface area contributed by atoms with Crippen LogP contribution in [0.1, 0.15) is 30.0 Å². The molecule has 0 saturated heterocycles.